The van der Waals surface area contributed by atoms with Gasteiger partial charge in [0.05, 0.1) is 11.6 Å². The first-order valence-electron chi connectivity index (χ1n) is 7.54. The van der Waals surface area contributed by atoms with Crippen LogP contribution < -0.4 is 10.1 Å². The summed E-state index contributed by atoms with van der Waals surface area (Å²) < 4.78 is 48.0. The molecule has 3 rings (SSSR count). The minimum atomic E-state index is -5.02. The normalized spacial score (nSPS) is 28.9. The predicted octanol–water partition coefficient (Wildman–Crippen LogP) is 2.65. The average molecular weight is 340 g/mol. The highest BCUT2D eigenvalue weighted by atomic mass is 19.4. The van der Waals surface area contributed by atoms with E-state index in [2.05, 4.69) is 5.32 Å². The molecule has 5 nitrogen and oxygen atoms in total. The molecule has 0 saturated carbocycles. The van der Waals surface area contributed by atoms with Crippen molar-refractivity contribution in [2.45, 2.75) is 49.7 Å². The molecule has 0 aromatic heterocycles. The van der Waals surface area contributed by atoms with Crippen molar-refractivity contribution < 1.29 is 27.4 Å². The zero-order valence-electron chi connectivity index (χ0n) is 12.6. The lowest BCUT2D eigenvalue weighted by Gasteiger charge is -2.38. The summed E-state index contributed by atoms with van der Waals surface area (Å²) >= 11 is 0. The van der Waals surface area contributed by atoms with Crippen LogP contribution in [0, 0.1) is 11.3 Å². The molecule has 3 unspecified atom stereocenters. The second kappa shape index (κ2) is 5.98. The van der Waals surface area contributed by atoms with Gasteiger partial charge in [0.2, 0.25) is 0 Å². The molecular weight excluding hydrogens is 325 g/mol. The maximum Gasteiger partial charge on any atom is 0.490 e. The number of piperidine rings is 1. The van der Waals surface area contributed by atoms with E-state index in [1.54, 1.807) is 24.3 Å². The van der Waals surface area contributed by atoms with Crippen LogP contribution in [0.25, 0.3) is 0 Å². The van der Waals surface area contributed by atoms with Crippen LogP contribution in [-0.4, -0.2) is 30.0 Å². The highest BCUT2D eigenvalue weighted by Crippen LogP contribution is 2.39. The lowest BCUT2D eigenvalue weighted by Crippen LogP contribution is -2.56. The molecule has 0 spiro atoms. The number of carbonyl (C=O) groups excluding carboxylic acids is 1. The Morgan fingerprint density at radius 3 is 2.67 bits per heavy atom. The van der Waals surface area contributed by atoms with Crippen LogP contribution in [0.1, 0.15) is 31.2 Å². The van der Waals surface area contributed by atoms with Crippen LogP contribution in [-0.2, 0) is 9.53 Å². The molecule has 2 heterocycles. The molecule has 0 aliphatic carbocycles. The first kappa shape index (κ1) is 16.6. The lowest BCUT2D eigenvalue weighted by molar-refractivity contribution is -0.219. The molecule has 0 radical (unpaired) electrons. The average Bonchev–Trinajstić information content (AvgIpc) is 2.82. The molecule has 8 heteroatoms. The van der Waals surface area contributed by atoms with E-state index in [1.807, 2.05) is 6.07 Å². The zero-order valence-corrected chi connectivity index (χ0v) is 12.6. The van der Waals surface area contributed by atoms with E-state index in [0.29, 0.717) is 30.6 Å². The number of fused-ring (bicyclic) bond motifs is 2. The third kappa shape index (κ3) is 3.46. The van der Waals surface area contributed by atoms with Crippen LogP contribution in [0.3, 0.4) is 0 Å². The van der Waals surface area contributed by atoms with Gasteiger partial charge in [-0.25, -0.2) is 4.79 Å². The number of nitrogens with one attached hydrogen (secondary N) is 1. The number of nitriles is 1. The predicted molar refractivity (Wildman–Crippen MR) is 75.8 cm³/mol. The Hall–Kier alpha value is -2.27. The van der Waals surface area contributed by atoms with E-state index in [0.717, 1.165) is 0 Å². The summed E-state index contributed by atoms with van der Waals surface area (Å²) in [6.07, 6.45) is -3.68. The number of rotatable bonds is 3. The van der Waals surface area contributed by atoms with Crippen molar-refractivity contribution in [1.82, 2.24) is 5.32 Å². The lowest BCUT2D eigenvalue weighted by atomic mass is 9.99. The number of halogens is 3. The minimum absolute atomic E-state index is 0.0526. The summed E-state index contributed by atoms with van der Waals surface area (Å²) in [5.74, 6) is -1.66. The molecule has 2 aliphatic rings. The Bertz CT molecular complexity index is 669. The zero-order chi connectivity index (χ0) is 17.4. The van der Waals surface area contributed by atoms with E-state index < -0.39 is 17.9 Å². The van der Waals surface area contributed by atoms with Crippen LogP contribution in [0.4, 0.5) is 13.2 Å². The van der Waals surface area contributed by atoms with Gasteiger partial charge in [-0.05, 0) is 37.1 Å². The van der Waals surface area contributed by atoms with E-state index in [1.165, 1.54) is 0 Å². The monoisotopic (exact) mass is 340 g/mol. The summed E-state index contributed by atoms with van der Waals surface area (Å²) in [4.78, 5) is 11.2. The summed E-state index contributed by atoms with van der Waals surface area (Å²) in [6.45, 7) is 0. The molecule has 2 aliphatic heterocycles. The number of nitrogens with zero attached hydrogens (tertiary/aromatic N) is 1. The largest absolute Gasteiger partial charge is 0.490 e. The fourth-order valence-electron chi connectivity index (χ4n) is 3.28. The van der Waals surface area contributed by atoms with Crippen LogP contribution in [0.2, 0.25) is 0 Å². The van der Waals surface area contributed by atoms with E-state index in [4.69, 9.17) is 14.7 Å². The van der Waals surface area contributed by atoms with E-state index in [-0.39, 0.29) is 18.6 Å². The number of benzene rings is 1. The van der Waals surface area contributed by atoms with Gasteiger partial charge in [-0.1, -0.05) is 0 Å². The Kier molecular flexibility index (Phi) is 4.13. The van der Waals surface area contributed by atoms with Crippen molar-refractivity contribution in [2.75, 3.05) is 0 Å². The van der Waals surface area contributed by atoms with Crippen molar-refractivity contribution in [1.29, 1.82) is 5.26 Å². The second-order valence-corrected chi connectivity index (χ2v) is 6.08. The molecule has 1 aromatic carbocycles. The van der Waals surface area contributed by atoms with Crippen molar-refractivity contribution in [2.24, 2.45) is 0 Å². The number of esters is 1. The van der Waals surface area contributed by atoms with Gasteiger partial charge < -0.3 is 9.47 Å². The van der Waals surface area contributed by atoms with Crippen molar-refractivity contribution >= 4 is 5.97 Å². The molecule has 2 saturated heterocycles. The van der Waals surface area contributed by atoms with E-state index in [9.17, 15) is 18.0 Å². The first-order chi connectivity index (χ1) is 11.3. The fourth-order valence-corrected chi connectivity index (χ4v) is 3.28. The molecule has 128 valence electrons. The third-order valence-electron chi connectivity index (χ3n) is 4.27. The Morgan fingerprint density at radius 1 is 1.33 bits per heavy atom. The number of alkyl halides is 3. The molecule has 2 bridgehead atoms. The smallest absolute Gasteiger partial charge is 0.490 e. The topological polar surface area (TPSA) is 71.3 Å². The fraction of sp³-hybridized carbons (Fsp3) is 0.500. The van der Waals surface area contributed by atoms with Crippen LogP contribution in [0.15, 0.2) is 24.3 Å². The van der Waals surface area contributed by atoms with Crippen molar-refractivity contribution in [3.63, 3.8) is 0 Å². The molecule has 1 aromatic rings. The van der Waals surface area contributed by atoms with Gasteiger partial charge in [-0.3, -0.25) is 5.32 Å². The number of ether oxygens (including phenoxy) is 2. The quantitative estimate of drug-likeness (QED) is 0.857. The van der Waals surface area contributed by atoms with Gasteiger partial charge in [0.1, 0.15) is 11.9 Å². The third-order valence-corrected chi connectivity index (χ3v) is 4.27. The Labute approximate surface area is 136 Å². The SMILES string of the molecule is N#Cc1ccc(OC2CC3CCC(OC(=O)C(F)(F)F)(C2)N3)cc1. The number of hydrogen-bond donors (Lipinski definition) is 1. The van der Waals surface area contributed by atoms with Crippen molar-refractivity contribution in [3.8, 4) is 11.8 Å². The molecule has 0 amide bonds. The highest BCUT2D eigenvalue weighted by Gasteiger charge is 2.53. The van der Waals surface area contributed by atoms with Gasteiger partial charge in [0.25, 0.3) is 0 Å². The maximum atomic E-state index is 12.5. The number of hydrogen-bond acceptors (Lipinski definition) is 5. The second-order valence-electron chi connectivity index (χ2n) is 6.08. The van der Waals surface area contributed by atoms with Gasteiger partial charge >= 0.3 is 12.1 Å². The molecular formula is C16H15F3N2O3. The summed E-state index contributed by atoms with van der Waals surface area (Å²) in [6, 6.07) is 8.42. The van der Waals surface area contributed by atoms with Gasteiger partial charge in [0, 0.05) is 18.9 Å². The Balaban J connectivity index is 1.69. The standard InChI is InChI=1S/C16H15F3N2O3/c17-16(18,19)14(22)24-15-6-5-11(21-15)7-13(8-15)23-12-3-1-10(9-20)2-4-12/h1-4,11,13,21H,5-8H2. The summed E-state index contributed by atoms with van der Waals surface area (Å²) in [7, 11) is 0. The van der Waals surface area contributed by atoms with Crippen LogP contribution >= 0.6 is 0 Å². The van der Waals surface area contributed by atoms with Gasteiger partial charge in [-0.2, -0.15) is 18.4 Å². The molecule has 24 heavy (non-hydrogen) atoms. The molecule has 2 fully saturated rings. The van der Waals surface area contributed by atoms with Gasteiger partial charge in [-0.15, -0.1) is 0 Å². The van der Waals surface area contributed by atoms with Crippen molar-refractivity contribution in [3.05, 3.63) is 29.8 Å². The Morgan fingerprint density at radius 2 is 2.04 bits per heavy atom. The van der Waals surface area contributed by atoms with Gasteiger partial charge in [0.15, 0.2) is 5.72 Å². The first-order valence-corrected chi connectivity index (χ1v) is 7.54. The molecule has 1 N–H and O–H groups in total. The number of carbonyl (C=O) groups is 1. The summed E-state index contributed by atoms with van der Waals surface area (Å²) in [5, 5.41) is 11.7. The summed E-state index contributed by atoms with van der Waals surface area (Å²) in [5.41, 5.74) is -0.837. The molecule has 3 atom stereocenters. The maximum absolute atomic E-state index is 12.5. The highest BCUT2D eigenvalue weighted by molar-refractivity contribution is 5.76. The van der Waals surface area contributed by atoms with Crippen LogP contribution in [0.5, 0.6) is 5.75 Å². The van der Waals surface area contributed by atoms with E-state index >= 15 is 0 Å². The minimum Gasteiger partial charge on any atom is -0.490 e.